The largest absolute Gasteiger partial charge is 0.462 e. The van der Waals surface area contributed by atoms with Crippen LogP contribution in [0.15, 0.2) is 0 Å². The van der Waals surface area contributed by atoms with Gasteiger partial charge in [-0.1, -0.05) is 253 Å². The van der Waals surface area contributed by atoms with Crippen LogP contribution in [0, 0.1) is 17.8 Å². The van der Waals surface area contributed by atoms with Crippen molar-refractivity contribution in [1.29, 1.82) is 0 Å². The van der Waals surface area contributed by atoms with Gasteiger partial charge < -0.3 is 14.2 Å². The van der Waals surface area contributed by atoms with Crippen molar-refractivity contribution in [3.63, 3.8) is 0 Å². The molecule has 0 unspecified atom stereocenters. The molecule has 6 heteroatoms. The fraction of sp³-hybridized carbons (Fsp3) is 0.944. The van der Waals surface area contributed by atoms with E-state index in [1.807, 2.05) is 0 Å². The average molecular weight is 849 g/mol. The number of unbranched alkanes of at least 4 members (excludes halogenated alkanes) is 30. The van der Waals surface area contributed by atoms with E-state index >= 15 is 0 Å². The Morgan fingerprint density at radius 1 is 0.283 bits per heavy atom. The fourth-order valence-corrected chi connectivity index (χ4v) is 8.12. The molecule has 356 valence electrons. The number of esters is 3. The van der Waals surface area contributed by atoms with Crippen LogP contribution in [0.25, 0.3) is 0 Å². The molecule has 0 aromatic heterocycles. The highest BCUT2D eigenvalue weighted by Crippen LogP contribution is 2.18. The van der Waals surface area contributed by atoms with Gasteiger partial charge in [0.25, 0.3) is 0 Å². The van der Waals surface area contributed by atoms with Gasteiger partial charge in [0.2, 0.25) is 0 Å². The first-order chi connectivity index (χ1) is 29.1. The Hall–Kier alpha value is -1.59. The van der Waals surface area contributed by atoms with Crippen LogP contribution in [0.3, 0.4) is 0 Å². The zero-order chi connectivity index (χ0) is 44.2. The molecule has 0 fully saturated rings. The van der Waals surface area contributed by atoms with Crippen molar-refractivity contribution >= 4 is 17.9 Å². The van der Waals surface area contributed by atoms with Crippen molar-refractivity contribution in [2.24, 2.45) is 17.8 Å². The molecule has 0 aliphatic heterocycles. The van der Waals surface area contributed by atoms with Gasteiger partial charge in [-0.2, -0.15) is 0 Å². The summed E-state index contributed by atoms with van der Waals surface area (Å²) in [7, 11) is 0. The normalized spacial score (nSPS) is 11.7. The van der Waals surface area contributed by atoms with Gasteiger partial charge in [0.15, 0.2) is 6.10 Å². The number of ether oxygens (including phenoxy) is 3. The van der Waals surface area contributed by atoms with E-state index in [9.17, 15) is 14.4 Å². The summed E-state index contributed by atoms with van der Waals surface area (Å²) in [6.07, 6.45) is 45.2. The van der Waals surface area contributed by atoms with E-state index in [0.717, 1.165) is 75.5 Å². The second kappa shape index (κ2) is 45.4. The summed E-state index contributed by atoms with van der Waals surface area (Å²) in [6.45, 7) is 13.7. The van der Waals surface area contributed by atoms with E-state index in [-0.39, 0.29) is 31.1 Å². The minimum absolute atomic E-state index is 0.0645. The topological polar surface area (TPSA) is 78.9 Å². The quantitative estimate of drug-likeness (QED) is 0.0345. The third-order valence-electron chi connectivity index (χ3n) is 12.1. The molecule has 0 saturated heterocycles. The third kappa shape index (κ3) is 47.5. The summed E-state index contributed by atoms with van der Waals surface area (Å²) < 4.78 is 16.8. The molecule has 0 aromatic carbocycles. The summed E-state index contributed by atoms with van der Waals surface area (Å²) >= 11 is 0. The predicted octanol–water partition coefficient (Wildman–Crippen LogP) is 17.2. The van der Waals surface area contributed by atoms with Gasteiger partial charge in [-0.25, -0.2) is 0 Å². The standard InChI is InChI=1S/C54H104O6/c1-48(2)40-34-28-22-16-10-7-13-19-25-31-37-43-52(55)58-46-51(60-54(57)45-39-33-27-21-15-9-12-18-24-30-36-42-50(5)6)47-59-53(56)44-38-32-26-20-14-8-11-17-23-29-35-41-49(3)4/h48-51H,7-47H2,1-6H3. The molecule has 0 heterocycles. The number of carbonyl (C=O) groups is 3. The van der Waals surface area contributed by atoms with Crippen molar-refractivity contribution in [2.45, 2.75) is 298 Å². The lowest BCUT2D eigenvalue weighted by Gasteiger charge is -2.18. The number of hydrogen-bond acceptors (Lipinski definition) is 6. The van der Waals surface area contributed by atoms with E-state index in [1.165, 1.54) is 173 Å². The van der Waals surface area contributed by atoms with Gasteiger partial charge in [-0.3, -0.25) is 14.4 Å². The smallest absolute Gasteiger partial charge is 0.306 e. The van der Waals surface area contributed by atoms with Gasteiger partial charge in [-0.05, 0) is 37.0 Å². The first-order valence-electron chi connectivity index (χ1n) is 26.6. The molecular weight excluding hydrogens is 745 g/mol. The Balaban J connectivity index is 4.33. The molecule has 0 amide bonds. The number of hydrogen-bond donors (Lipinski definition) is 0. The van der Waals surface area contributed by atoms with Crippen molar-refractivity contribution in [3.8, 4) is 0 Å². The Morgan fingerprint density at radius 2 is 0.483 bits per heavy atom. The molecule has 0 aliphatic carbocycles. The van der Waals surface area contributed by atoms with Crippen LogP contribution in [-0.2, 0) is 28.6 Å². The number of carbonyl (C=O) groups excluding carboxylic acids is 3. The van der Waals surface area contributed by atoms with Crippen LogP contribution in [0.5, 0.6) is 0 Å². The van der Waals surface area contributed by atoms with E-state index in [2.05, 4.69) is 41.5 Å². The van der Waals surface area contributed by atoms with Crippen molar-refractivity contribution < 1.29 is 28.6 Å². The fourth-order valence-electron chi connectivity index (χ4n) is 8.12. The molecule has 0 bridgehead atoms. The first kappa shape index (κ1) is 58.4. The van der Waals surface area contributed by atoms with Crippen LogP contribution in [-0.4, -0.2) is 37.2 Å². The van der Waals surface area contributed by atoms with Crippen LogP contribution < -0.4 is 0 Å². The molecule has 0 N–H and O–H groups in total. The Bertz CT molecular complexity index is 879. The van der Waals surface area contributed by atoms with Gasteiger partial charge in [0.1, 0.15) is 13.2 Å². The maximum atomic E-state index is 12.8. The predicted molar refractivity (Wildman–Crippen MR) is 256 cm³/mol. The van der Waals surface area contributed by atoms with E-state index in [4.69, 9.17) is 14.2 Å². The molecule has 60 heavy (non-hydrogen) atoms. The Labute approximate surface area is 374 Å². The lowest BCUT2D eigenvalue weighted by molar-refractivity contribution is -0.167. The van der Waals surface area contributed by atoms with Crippen LogP contribution >= 0.6 is 0 Å². The van der Waals surface area contributed by atoms with Gasteiger partial charge in [0, 0.05) is 19.3 Å². The Kier molecular flexibility index (Phi) is 44.2. The van der Waals surface area contributed by atoms with Crippen LogP contribution in [0.4, 0.5) is 0 Å². The summed E-state index contributed by atoms with van der Waals surface area (Å²) in [5, 5.41) is 0. The SMILES string of the molecule is CC(C)CCCCCCCCCCCCCC(=O)OCC(COC(=O)CCCCCCCCCCCCCC(C)C)OC(=O)CCCCCCCCCCCCCC(C)C. The van der Waals surface area contributed by atoms with Crippen molar-refractivity contribution in [1.82, 2.24) is 0 Å². The minimum Gasteiger partial charge on any atom is -0.462 e. The highest BCUT2D eigenvalue weighted by Gasteiger charge is 2.19. The monoisotopic (exact) mass is 849 g/mol. The lowest BCUT2D eigenvalue weighted by Crippen LogP contribution is -2.30. The summed E-state index contributed by atoms with van der Waals surface area (Å²) in [4.78, 5) is 38.0. The van der Waals surface area contributed by atoms with Crippen LogP contribution in [0.2, 0.25) is 0 Å². The van der Waals surface area contributed by atoms with Crippen LogP contribution in [0.1, 0.15) is 292 Å². The molecule has 0 aliphatic rings. The Morgan fingerprint density at radius 3 is 0.717 bits per heavy atom. The molecule has 0 saturated carbocycles. The maximum Gasteiger partial charge on any atom is 0.306 e. The van der Waals surface area contributed by atoms with Gasteiger partial charge in [-0.15, -0.1) is 0 Å². The molecule has 0 atom stereocenters. The van der Waals surface area contributed by atoms with Gasteiger partial charge >= 0.3 is 17.9 Å². The molecule has 0 radical (unpaired) electrons. The third-order valence-corrected chi connectivity index (χ3v) is 12.1. The molecule has 0 spiro atoms. The van der Waals surface area contributed by atoms with E-state index < -0.39 is 6.10 Å². The molecule has 0 aromatic rings. The number of rotatable bonds is 47. The molecular formula is C54H104O6. The van der Waals surface area contributed by atoms with Crippen molar-refractivity contribution in [3.05, 3.63) is 0 Å². The highest BCUT2D eigenvalue weighted by atomic mass is 16.6. The van der Waals surface area contributed by atoms with E-state index in [0.29, 0.717) is 19.3 Å². The zero-order valence-electron chi connectivity index (χ0n) is 41.3. The van der Waals surface area contributed by atoms with E-state index in [1.54, 1.807) is 0 Å². The average Bonchev–Trinajstić information content (AvgIpc) is 3.20. The lowest BCUT2D eigenvalue weighted by atomic mass is 10.0. The van der Waals surface area contributed by atoms with Gasteiger partial charge in [0.05, 0.1) is 0 Å². The second-order valence-corrected chi connectivity index (χ2v) is 19.9. The summed E-state index contributed by atoms with van der Waals surface area (Å²) in [6, 6.07) is 0. The maximum absolute atomic E-state index is 12.8. The molecule has 6 nitrogen and oxygen atoms in total. The first-order valence-corrected chi connectivity index (χ1v) is 26.6. The molecule has 0 rings (SSSR count). The minimum atomic E-state index is -0.763. The zero-order valence-corrected chi connectivity index (χ0v) is 41.3. The highest BCUT2D eigenvalue weighted by molar-refractivity contribution is 5.71. The summed E-state index contributed by atoms with van der Waals surface area (Å²) in [5.74, 6) is 1.63. The second-order valence-electron chi connectivity index (χ2n) is 19.9. The van der Waals surface area contributed by atoms with Crippen molar-refractivity contribution in [2.75, 3.05) is 13.2 Å². The summed E-state index contributed by atoms with van der Waals surface area (Å²) in [5.41, 5.74) is 0.